The van der Waals surface area contributed by atoms with Crippen molar-refractivity contribution >= 4 is 21.6 Å². The molecule has 0 aliphatic carbocycles. The van der Waals surface area contributed by atoms with Gasteiger partial charge in [-0.05, 0) is 68.7 Å². The zero-order valence-electron chi connectivity index (χ0n) is 16.9. The first kappa shape index (κ1) is 21.3. The van der Waals surface area contributed by atoms with Crippen molar-refractivity contribution in [3.8, 4) is 5.75 Å². The van der Waals surface area contributed by atoms with Crippen molar-refractivity contribution in [1.29, 1.82) is 0 Å². The summed E-state index contributed by atoms with van der Waals surface area (Å²) in [4.78, 5) is 12.7. The lowest BCUT2D eigenvalue weighted by atomic mass is 10.1. The molecule has 0 bridgehead atoms. The van der Waals surface area contributed by atoms with Gasteiger partial charge in [-0.1, -0.05) is 18.6 Å². The van der Waals surface area contributed by atoms with E-state index in [9.17, 15) is 13.2 Å². The standard InChI is InChI=1S/C22H28N2O4S/c1-17(2)28-20-11-9-19(10-12-20)23-22(25)16-18-7-6-8-21(15-18)29(26,27)24-13-4-3-5-14-24/h6-12,15,17H,3-5,13-14,16H2,1-2H3,(H,23,25). The van der Waals surface area contributed by atoms with Gasteiger partial charge in [-0.25, -0.2) is 8.42 Å². The molecule has 0 unspecified atom stereocenters. The summed E-state index contributed by atoms with van der Waals surface area (Å²) < 4.78 is 32.8. The SMILES string of the molecule is CC(C)Oc1ccc(NC(=O)Cc2cccc(S(=O)(=O)N3CCCCC3)c2)cc1. The third-order valence-corrected chi connectivity index (χ3v) is 6.62. The zero-order valence-corrected chi connectivity index (χ0v) is 17.7. The van der Waals surface area contributed by atoms with E-state index < -0.39 is 10.0 Å². The van der Waals surface area contributed by atoms with E-state index in [1.165, 1.54) is 4.31 Å². The molecule has 2 aromatic carbocycles. The summed E-state index contributed by atoms with van der Waals surface area (Å²) >= 11 is 0. The number of carbonyl (C=O) groups excluding carboxylic acids is 1. The fourth-order valence-electron chi connectivity index (χ4n) is 3.35. The molecule has 7 heteroatoms. The van der Waals surface area contributed by atoms with Gasteiger partial charge in [0.1, 0.15) is 5.75 Å². The molecule has 1 N–H and O–H groups in total. The maximum absolute atomic E-state index is 12.8. The van der Waals surface area contributed by atoms with Crippen LogP contribution in [-0.2, 0) is 21.2 Å². The highest BCUT2D eigenvalue weighted by molar-refractivity contribution is 7.89. The Kier molecular flexibility index (Phi) is 6.92. The van der Waals surface area contributed by atoms with E-state index in [1.807, 2.05) is 13.8 Å². The van der Waals surface area contributed by atoms with Crippen LogP contribution in [0.3, 0.4) is 0 Å². The summed E-state index contributed by atoms with van der Waals surface area (Å²) in [5, 5.41) is 2.84. The van der Waals surface area contributed by atoms with Crippen LogP contribution in [0.5, 0.6) is 5.75 Å². The number of carbonyl (C=O) groups is 1. The molecule has 6 nitrogen and oxygen atoms in total. The Labute approximate surface area is 172 Å². The van der Waals surface area contributed by atoms with E-state index in [1.54, 1.807) is 48.5 Å². The fraction of sp³-hybridized carbons (Fsp3) is 0.409. The van der Waals surface area contributed by atoms with E-state index in [-0.39, 0.29) is 23.3 Å². The second kappa shape index (κ2) is 9.41. The van der Waals surface area contributed by atoms with Gasteiger partial charge in [0.25, 0.3) is 0 Å². The van der Waals surface area contributed by atoms with E-state index in [2.05, 4.69) is 5.32 Å². The molecular weight excluding hydrogens is 388 g/mol. The Balaban J connectivity index is 1.64. The van der Waals surface area contributed by atoms with Gasteiger partial charge in [-0.15, -0.1) is 0 Å². The Hall–Kier alpha value is -2.38. The van der Waals surface area contributed by atoms with Crippen LogP contribution in [0.15, 0.2) is 53.4 Å². The van der Waals surface area contributed by atoms with E-state index in [0.29, 0.717) is 24.3 Å². The second-order valence-electron chi connectivity index (χ2n) is 7.53. The van der Waals surface area contributed by atoms with Crippen LogP contribution in [0.25, 0.3) is 0 Å². The topological polar surface area (TPSA) is 75.7 Å². The van der Waals surface area contributed by atoms with Crippen molar-refractivity contribution in [2.45, 2.75) is 50.5 Å². The molecular formula is C22H28N2O4S. The lowest BCUT2D eigenvalue weighted by Crippen LogP contribution is -2.35. The van der Waals surface area contributed by atoms with Crippen LogP contribution in [0, 0.1) is 0 Å². The van der Waals surface area contributed by atoms with Gasteiger partial charge in [0.2, 0.25) is 15.9 Å². The molecule has 0 saturated carbocycles. The Morgan fingerprint density at radius 3 is 2.41 bits per heavy atom. The van der Waals surface area contributed by atoms with Crippen molar-refractivity contribution < 1.29 is 17.9 Å². The summed E-state index contributed by atoms with van der Waals surface area (Å²) in [5.41, 5.74) is 1.34. The van der Waals surface area contributed by atoms with Gasteiger partial charge in [0.15, 0.2) is 0 Å². The minimum absolute atomic E-state index is 0.0870. The smallest absolute Gasteiger partial charge is 0.243 e. The number of nitrogens with zero attached hydrogens (tertiary/aromatic N) is 1. The lowest BCUT2D eigenvalue weighted by Gasteiger charge is -2.26. The quantitative estimate of drug-likeness (QED) is 0.744. The normalized spacial score (nSPS) is 15.3. The monoisotopic (exact) mass is 416 g/mol. The molecule has 1 aliphatic heterocycles. The number of hydrogen-bond acceptors (Lipinski definition) is 4. The highest BCUT2D eigenvalue weighted by atomic mass is 32.2. The Morgan fingerprint density at radius 1 is 1.07 bits per heavy atom. The molecule has 1 saturated heterocycles. The Morgan fingerprint density at radius 2 is 1.76 bits per heavy atom. The predicted octanol–water partition coefficient (Wildman–Crippen LogP) is 3.83. The van der Waals surface area contributed by atoms with Crippen molar-refractivity contribution in [2.75, 3.05) is 18.4 Å². The van der Waals surface area contributed by atoms with Gasteiger partial charge in [-0.3, -0.25) is 4.79 Å². The van der Waals surface area contributed by atoms with Crippen molar-refractivity contribution in [3.63, 3.8) is 0 Å². The molecule has 0 aromatic heterocycles. The molecule has 0 atom stereocenters. The Bertz CT molecular complexity index is 934. The first-order valence-electron chi connectivity index (χ1n) is 10.0. The summed E-state index contributed by atoms with van der Waals surface area (Å²) in [6, 6.07) is 13.8. The van der Waals surface area contributed by atoms with Gasteiger partial charge in [0, 0.05) is 18.8 Å². The molecule has 1 amide bonds. The minimum atomic E-state index is -3.51. The number of ether oxygens (including phenoxy) is 1. The predicted molar refractivity (Wildman–Crippen MR) is 114 cm³/mol. The second-order valence-corrected chi connectivity index (χ2v) is 9.47. The molecule has 1 heterocycles. The molecule has 0 radical (unpaired) electrons. The fourth-order valence-corrected chi connectivity index (χ4v) is 4.94. The number of hydrogen-bond donors (Lipinski definition) is 1. The molecule has 29 heavy (non-hydrogen) atoms. The number of nitrogens with one attached hydrogen (secondary N) is 1. The van der Waals surface area contributed by atoms with Crippen molar-refractivity contribution in [2.24, 2.45) is 0 Å². The van der Waals surface area contributed by atoms with Crippen molar-refractivity contribution in [3.05, 3.63) is 54.1 Å². The maximum Gasteiger partial charge on any atom is 0.243 e. The summed E-state index contributed by atoms with van der Waals surface area (Å²) in [6.07, 6.45) is 3.04. The average molecular weight is 417 g/mol. The summed E-state index contributed by atoms with van der Waals surface area (Å²) in [5.74, 6) is 0.545. The largest absolute Gasteiger partial charge is 0.491 e. The molecule has 1 aliphatic rings. The molecule has 1 fully saturated rings. The third-order valence-electron chi connectivity index (χ3n) is 4.73. The van der Waals surface area contributed by atoms with Crippen LogP contribution >= 0.6 is 0 Å². The number of amides is 1. The number of sulfonamides is 1. The minimum Gasteiger partial charge on any atom is -0.491 e. The van der Waals surface area contributed by atoms with Gasteiger partial charge in [-0.2, -0.15) is 4.31 Å². The van der Waals surface area contributed by atoms with Crippen LogP contribution in [0.1, 0.15) is 38.7 Å². The van der Waals surface area contributed by atoms with Gasteiger partial charge in [0.05, 0.1) is 17.4 Å². The molecule has 156 valence electrons. The average Bonchev–Trinajstić information content (AvgIpc) is 2.70. The molecule has 2 aromatic rings. The van der Waals surface area contributed by atoms with E-state index in [4.69, 9.17) is 4.74 Å². The van der Waals surface area contributed by atoms with Crippen LogP contribution in [0.4, 0.5) is 5.69 Å². The van der Waals surface area contributed by atoms with Crippen LogP contribution < -0.4 is 10.1 Å². The third kappa shape index (κ3) is 5.81. The van der Waals surface area contributed by atoms with Crippen LogP contribution in [0.2, 0.25) is 0 Å². The summed E-state index contributed by atoms with van der Waals surface area (Å²) in [6.45, 7) is 5.03. The first-order valence-corrected chi connectivity index (χ1v) is 11.4. The number of rotatable bonds is 7. The van der Waals surface area contributed by atoms with Gasteiger partial charge < -0.3 is 10.1 Å². The van der Waals surface area contributed by atoms with E-state index in [0.717, 1.165) is 25.0 Å². The highest BCUT2D eigenvalue weighted by Crippen LogP contribution is 2.22. The maximum atomic E-state index is 12.8. The number of piperidine rings is 1. The first-order chi connectivity index (χ1) is 13.8. The van der Waals surface area contributed by atoms with E-state index >= 15 is 0 Å². The summed E-state index contributed by atoms with van der Waals surface area (Å²) in [7, 11) is -3.51. The zero-order chi connectivity index (χ0) is 20.9. The number of anilines is 1. The van der Waals surface area contributed by atoms with Crippen LogP contribution in [-0.4, -0.2) is 37.8 Å². The lowest BCUT2D eigenvalue weighted by molar-refractivity contribution is -0.115. The molecule has 0 spiro atoms. The molecule has 3 rings (SSSR count). The van der Waals surface area contributed by atoms with Crippen molar-refractivity contribution in [1.82, 2.24) is 4.31 Å². The highest BCUT2D eigenvalue weighted by Gasteiger charge is 2.26. The number of benzene rings is 2. The van der Waals surface area contributed by atoms with Gasteiger partial charge >= 0.3 is 0 Å².